The molecule has 1 saturated heterocycles. The maximum atomic E-state index is 13.6. The van der Waals surface area contributed by atoms with Gasteiger partial charge < -0.3 is 19.2 Å². The number of amides is 2. The summed E-state index contributed by atoms with van der Waals surface area (Å²) in [6.45, 7) is 1.01. The van der Waals surface area contributed by atoms with Crippen molar-refractivity contribution in [3.63, 3.8) is 0 Å². The van der Waals surface area contributed by atoms with E-state index in [1.807, 2.05) is 5.32 Å². The molecule has 1 atom stereocenters. The van der Waals surface area contributed by atoms with Crippen LogP contribution in [0, 0.1) is 0 Å². The Morgan fingerprint density at radius 1 is 1.03 bits per heavy atom. The molecule has 1 aliphatic heterocycles. The summed E-state index contributed by atoms with van der Waals surface area (Å²) in [5.74, 6) is -2.18. The van der Waals surface area contributed by atoms with Gasteiger partial charge in [-0.25, -0.2) is 0 Å². The Hall–Kier alpha value is -3.04. The fourth-order valence-corrected chi connectivity index (χ4v) is 4.57. The molecule has 1 saturated carbocycles. The van der Waals surface area contributed by atoms with E-state index in [1.54, 1.807) is 9.47 Å². The van der Waals surface area contributed by atoms with Crippen LogP contribution < -0.4 is 10.7 Å². The standard InChI is InChI=1S/C23H26F3N3O4/c24-23(25,26)20(18-9-6-12-33-18)27-21(31)16-13-29(15-7-2-3-8-15)14-17(19(16)30)22(32)28-10-4-1-5-11-28/h6,9,12-15,20H,1-5,7-8,10-11H2,(H,27,31)/t20-/m0/s1. The van der Waals surface area contributed by atoms with Crippen molar-refractivity contribution in [2.75, 3.05) is 13.1 Å². The molecule has 2 amide bonds. The average molecular weight is 465 g/mol. The summed E-state index contributed by atoms with van der Waals surface area (Å²) in [4.78, 5) is 40.8. The molecule has 2 fully saturated rings. The van der Waals surface area contributed by atoms with Gasteiger partial charge in [-0.3, -0.25) is 14.4 Å². The minimum atomic E-state index is -4.83. The van der Waals surface area contributed by atoms with E-state index in [4.69, 9.17) is 4.42 Å². The monoisotopic (exact) mass is 465 g/mol. The zero-order valence-corrected chi connectivity index (χ0v) is 18.1. The fraction of sp³-hybridized carbons (Fsp3) is 0.522. The highest BCUT2D eigenvalue weighted by Crippen LogP contribution is 2.33. The molecule has 3 heterocycles. The van der Waals surface area contributed by atoms with Crippen LogP contribution in [-0.2, 0) is 0 Å². The van der Waals surface area contributed by atoms with Crippen molar-refractivity contribution in [3.05, 3.63) is 57.9 Å². The first-order valence-electron chi connectivity index (χ1n) is 11.2. The van der Waals surface area contributed by atoms with Crippen molar-refractivity contribution < 1.29 is 27.2 Å². The van der Waals surface area contributed by atoms with Gasteiger partial charge in [0.1, 0.15) is 16.9 Å². The molecule has 10 heteroatoms. The van der Waals surface area contributed by atoms with Crippen LogP contribution >= 0.6 is 0 Å². The van der Waals surface area contributed by atoms with Crippen LogP contribution in [0.3, 0.4) is 0 Å². The number of nitrogens with one attached hydrogen (secondary N) is 1. The molecule has 4 rings (SSSR count). The number of hydrogen-bond acceptors (Lipinski definition) is 4. The molecule has 7 nitrogen and oxygen atoms in total. The smallest absolute Gasteiger partial charge is 0.415 e. The lowest BCUT2D eigenvalue weighted by atomic mass is 10.1. The molecule has 2 aliphatic rings. The number of carbonyl (C=O) groups is 2. The van der Waals surface area contributed by atoms with Crippen LogP contribution in [0.5, 0.6) is 0 Å². The van der Waals surface area contributed by atoms with Gasteiger partial charge in [0.05, 0.1) is 6.26 Å². The van der Waals surface area contributed by atoms with Crippen molar-refractivity contribution >= 4 is 11.8 Å². The lowest BCUT2D eigenvalue weighted by molar-refractivity contribution is -0.159. The van der Waals surface area contributed by atoms with Crippen LogP contribution in [-0.4, -0.2) is 40.5 Å². The van der Waals surface area contributed by atoms with Crippen LogP contribution in [0.1, 0.15) is 83.5 Å². The van der Waals surface area contributed by atoms with E-state index < -0.39 is 40.8 Å². The molecule has 0 radical (unpaired) electrons. The van der Waals surface area contributed by atoms with E-state index >= 15 is 0 Å². The molecular weight excluding hydrogens is 439 g/mol. The van der Waals surface area contributed by atoms with E-state index in [0.717, 1.165) is 57.3 Å². The largest absolute Gasteiger partial charge is 0.467 e. The van der Waals surface area contributed by atoms with Gasteiger partial charge in [-0.1, -0.05) is 12.8 Å². The third-order valence-electron chi connectivity index (χ3n) is 6.34. The zero-order valence-electron chi connectivity index (χ0n) is 18.1. The van der Waals surface area contributed by atoms with Crippen LogP contribution in [0.25, 0.3) is 0 Å². The Kier molecular flexibility index (Phi) is 6.62. The van der Waals surface area contributed by atoms with Gasteiger partial charge in [0, 0.05) is 31.5 Å². The number of piperidine rings is 1. The number of likely N-dealkylation sites (tertiary alicyclic amines) is 1. The normalized spacial score (nSPS) is 18.3. The quantitative estimate of drug-likeness (QED) is 0.717. The number of furan rings is 1. The van der Waals surface area contributed by atoms with E-state index in [-0.39, 0.29) is 11.6 Å². The first-order valence-corrected chi connectivity index (χ1v) is 11.2. The highest BCUT2D eigenvalue weighted by molar-refractivity contribution is 5.99. The zero-order chi connectivity index (χ0) is 23.6. The Labute approximate surface area is 188 Å². The number of rotatable bonds is 5. The summed E-state index contributed by atoms with van der Waals surface area (Å²) in [5.41, 5.74) is -1.53. The molecule has 0 aromatic carbocycles. The second-order valence-electron chi connectivity index (χ2n) is 8.62. The minimum Gasteiger partial charge on any atom is -0.467 e. The third kappa shape index (κ3) is 4.99. The lowest BCUT2D eigenvalue weighted by Crippen LogP contribution is -2.42. The maximum Gasteiger partial charge on any atom is 0.415 e. The average Bonchev–Trinajstić information content (AvgIpc) is 3.51. The van der Waals surface area contributed by atoms with Crippen molar-refractivity contribution in [3.8, 4) is 0 Å². The Morgan fingerprint density at radius 2 is 1.70 bits per heavy atom. The summed E-state index contributed by atoms with van der Waals surface area (Å²) in [5, 5.41) is 1.88. The second kappa shape index (κ2) is 9.44. The van der Waals surface area contributed by atoms with Crippen molar-refractivity contribution in [2.24, 2.45) is 0 Å². The molecule has 0 bridgehead atoms. The Morgan fingerprint density at radius 3 is 2.30 bits per heavy atom. The van der Waals surface area contributed by atoms with Gasteiger partial charge in [-0.15, -0.1) is 0 Å². The number of aromatic nitrogens is 1. The first kappa shape index (κ1) is 23.1. The maximum absolute atomic E-state index is 13.6. The SMILES string of the molecule is O=C(N[C@@H](c1ccco1)C(F)(F)F)c1cn(C2CCCC2)cc(C(=O)N2CCCCC2)c1=O. The van der Waals surface area contributed by atoms with Crippen molar-refractivity contribution in [2.45, 2.75) is 63.2 Å². The van der Waals surface area contributed by atoms with Gasteiger partial charge in [0.2, 0.25) is 5.43 Å². The fourth-order valence-electron chi connectivity index (χ4n) is 4.57. The van der Waals surface area contributed by atoms with Gasteiger partial charge in [0.25, 0.3) is 11.8 Å². The van der Waals surface area contributed by atoms with Crippen molar-refractivity contribution in [1.29, 1.82) is 0 Å². The minimum absolute atomic E-state index is 0.0199. The van der Waals surface area contributed by atoms with Crippen LogP contribution in [0.15, 0.2) is 40.0 Å². The van der Waals surface area contributed by atoms with Crippen LogP contribution in [0.4, 0.5) is 13.2 Å². The van der Waals surface area contributed by atoms with E-state index in [1.165, 1.54) is 18.5 Å². The van der Waals surface area contributed by atoms with E-state index in [9.17, 15) is 27.6 Å². The van der Waals surface area contributed by atoms with Gasteiger partial charge in [-0.2, -0.15) is 13.2 Å². The number of carbonyl (C=O) groups excluding carboxylic acids is 2. The summed E-state index contributed by atoms with van der Waals surface area (Å²) < 4.78 is 47.4. The molecule has 0 unspecified atom stereocenters. The number of alkyl halides is 3. The van der Waals surface area contributed by atoms with E-state index in [0.29, 0.717) is 13.1 Å². The molecule has 33 heavy (non-hydrogen) atoms. The highest BCUT2D eigenvalue weighted by Gasteiger charge is 2.44. The van der Waals surface area contributed by atoms with Gasteiger partial charge >= 0.3 is 6.18 Å². The topological polar surface area (TPSA) is 84.6 Å². The summed E-state index contributed by atoms with van der Waals surface area (Å²) >= 11 is 0. The van der Waals surface area contributed by atoms with E-state index in [2.05, 4.69) is 0 Å². The predicted molar refractivity (Wildman–Crippen MR) is 113 cm³/mol. The molecule has 0 spiro atoms. The number of pyridine rings is 1. The Bertz CT molecular complexity index is 1050. The molecule has 1 aliphatic carbocycles. The number of halogens is 3. The molecule has 1 N–H and O–H groups in total. The number of hydrogen-bond donors (Lipinski definition) is 1. The highest BCUT2D eigenvalue weighted by atomic mass is 19.4. The summed E-state index contributed by atoms with van der Waals surface area (Å²) in [6.07, 6.45) is 5.13. The molecular formula is C23H26F3N3O4. The molecule has 2 aromatic rings. The third-order valence-corrected chi connectivity index (χ3v) is 6.34. The first-order chi connectivity index (χ1) is 15.8. The number of nitrogens with zero attached hydrogens (tertiary/aromatic N) is 2. The molecule has 178 valence electrons. The summed E-state index contributed by atoms with van der Waals surface area (Å²) in [6, 6.07) is -0.0501. The molecule has 2 aromatic heterocycles. The van der Waals surface area contributed by atoms with Crippen LogP contribution in [0.2, 0.25) is 0 Å². The summed E-state index contributed by atoms with van der Waals surface area (Å²) in [7, 11) is 0. The second-order valence-corrected chi connectivity index (χ2v) is 8.62. The predicted octanol–water partition coefficient (Wildman–Crippen LogP) is 4.22. The Balaban J connectivity index is 1.71. The lowest BCUT2D eigenvalue weighted by Gasteiger charge is -2.27. The van der Waals surface area contributed by atoms with Gasteiger partial charge in [-0.05, 0) is 44.2 Å². The van der Waals surface area contributed by atoms with Crippen molar-refractivity contribution in [1.82, 2.24) is 14.8 Å². The van der Waals surface area contributed by atoms with Gasteiger partial charge in [0.15, 0.2) is 6.04 Å².